The second-order valence-electron chi connectivity index (χ2n) is 16.8. The van der Waals surface area contributed by atoms with Gasteiger partial charge in [-0.05, 0) is 105 Å². The Hall–Kier alpha value is -3.16. The number of hydrogen-bond acceptors (Lipinski definition) is 9. The number of fused-ring (bicyclic) bond motifs is 4. The average Bonchev–Trinajstić information content (AvgIpc) is 3.29. The number of anilines is 1. The number of halogens is 1. The maximum Gasteiger partial charge on any atom is 0.264 e. The Labute approximate surface area is 331 Å². The number of nitrogens with one attached hydrogen (secondary N) is 1. The highest BCUT2D eigenvalue weighted by atomic mass is 35.5. The Morgan fingerprint density at radius 3 is 2.65 bits per heavy atom. The van der Waals surface area contributed by atoms with E-state index in [1.54, 1.807) is 44.1 Å². The number of rotatable bonds is 6. The molecule has 6 atom stereocenters. The first-order valence-corrected chi connectivity index (χ1v) is 21.9. The van der Waals surface area contributed by atoms with Crippen LogP contribution in [-0.4, -0.2) is 114 Å². The zero-order chi connectivity index (χ0) is 39.0. The molecule has 2 amide bonds. The van der Waals surface area contributed by atoms with Gasteiger partial charge >= 0.3 is 0 Å². The highest BCUT2D eigenvalue weighted by Crippen LogP contribution is 2.50. The number of aryl methyl sites for hydroxylation is 1. The van der Waals surface area contributed by atoms with E-state index in [9.17, 15) is 18.0 Å². The number of nitrogens with zero attached hydrogens (tertiary/aromatic N) is 3. The van der Waals surface area contributed by atoms with Crippen molar-refractivity contribution < 1.29 is 32.2 Å². The summed E-state index contributed by atoms with van der Waals surface area (Å²) < 4.78 is 49.0. The number of amides is 2. The van der Waals surface area contributed by atoms with Crippen LogP contribution in [0.25, 0.3) is 0 Å². The topological polar surface area (TPSA) is 118 Å². The smallest absolute Gasteiger partial charge is 0.264 e. The van der Waals surface area contributed by atoms with E-state index in [0.717, 1.165) is 62.4 Å². The molecule has 2 aromatic rings. The summed E-state index contributed by atoms with van der Waals surface area (Å²) in [5.74, 6) is -0.139. The van der Waals surface area contributed by atoms with E-state index in [4.69, 9.17) is 25.8 Å². The van der Waals surface area contributed by atoms with Crippen LogP contribution in [0, 0.1) is 17.8 Å². The van der Waals surface area contributed by atoms with Crippen LogP contribution in [0.1, 0.15) is 73.9 Å². The van der Waals surface area contributed by atoms with Crippen molar-refractivity contribution in [3.8, 4) is 5.75 Å². The number of benzene rings is 2. The molecule has 3 heterocycles. The fourth-order valence-electron chi connectivity index (χ4n) is 9.33. The van der Waals surface area contributed by atoms with Gasteiger partial charge in [0.15, 0.2) is 0 Å². The minimum Gasteiger partial charge on any atom is -0.490 e. The molecule has 3 aliphatic heterocycles. The Morgan fingerprint density at radius 1 is 1.11 bits per heavy atom. The zero-order valence-corrected chi connectivity index (χ0v) is 34.3. The molecule has 7 rings (SSSR count). The first-order chi connectivity index (χ1) is 26.3. The number of sulfonamides is 1. The van der Waals surface area contributed by atoms with Crippen LogP contribution < -0.4 is 14.4 Å². The van der Waals surface area contributed by atoms with Gasteiger partial charge in [0.1, 0.15) is 5.75 Å². The third-order valence-electron chi connectivity index (χ3n) is 13.0. The standard InChI is InChI=1S/C42H57ClN4O7S/c1-29-7-5-16-42(25-39(48)45(3)4,54-22-19-46-17-20-52-21-18-46)36-12-9-33(36)26-47-27-41(15-6-8-31-23-34(43)11-13-35(31)41)28-53-38-14-10-32(24-37(38)47)40(49)44-55(50,51)30(29)2/h5,10-11,13-14,16,23-24,29-30,33,36H,6-9,12,15,17-22,25-28H2,1-4H3,(H,44,49)/b16-5-/t29-,30+,33-,36+,41-,42+/m0/s1. The van der Waals surface area contributed by atoms with E-state index in [2.05, 4.69) is 32.7 Å². The normalized spacial score (nSPS) is 31.5. The fraction of sp³-hybridized carbons (Fsp3) is 0.619. The lowest BCUT2D eigenvalue weighted by atomic mass is 9.62. The molecule has 13 heteroatoms. The first-order valence-electron chi connectivity index (χ1n) is 20.0. The lowest BCUT2D eigenvalue weighted by Gasteiger charge is -2.51. The van der Waals surface area contributed by atoms with Crippen molar-refractivity contribution in [3.05, 3.63) is 70.3 Å². The van der Waals surface area contributed by atoms with E-state index in [1.807, 2.05) is 19.1 Å². The second kappa shape index (κ2) is 16.4. The maximum absolute atomic E-state index is 13.8. The van der Waals surface area contributed by atoms with Gasteiger partial charge in [0.05, 0.1) is 49.4 Å². The lowest BCUT2D eigenvalue weighted by Crippen LogP contribution is -2.55. The Morgan fingerprint density at radius 2 is 1.91 bits per heavy atom. The van der Waals surface area contributed by atoms with Gasteiger partial charge in [-0.2, -0.15) is 0 Å². The van der Waals surface area contributed by atoms with Gasteiger partial charge in [-0.25, -0.2) is 13.1 Å². The van der Waals surface area contributed by atoms with E-state index in [0.29, 0.717) is 51.7 Å². The van der Waals surface area contributed by atoms with Crippen LogP contribution in [0.4, 0.5) is 5.69 Å². The molecule has 5 aliphatic rings. The summed E-state index contributed by atoms with van der Waals surface area (Å²) in [5, 5.41) is -0.138. The van der Waals surface area contributed by atoms with Crippen molar-refractivity contribution in [3.63, 3.8) is 0 Å². The molecule has 1 N–H and O–H groups in total. The predicted octanol–water partition coefficient (Wildman–Crippen LogP) is 5.45. The molecule has 2 bridgehead atoms. The largest absolute Gasteiger partial charge is 0.490 e. The second-order valence-corrected chi connectivity index (χ2v) is 19.2. The van der Waals surface area contributed by atoms with Crippen LogP contribution in [0.15, 0.2) is 48.6 Å². The summed E-state index contributed by atoms with van der Waals surface area (Å²) in [6.07, 6.45) is 9.42. The Kier molecular flexibility index (Phi) is 11.9. The molecule has 1 saturated carbocycles. The highest BCUT2D eigenvalue weighted by molar-refractivity contribution is 7.90. The summed E-state index contributed by atoms with van der Waals surface area (Å²) in [7, 11) is -0.463. The summed E-state index contributed by atoms with van der Waals surface area (Å²) in [5.41, 5.74) is 2.26. The van der Waals surface area contributed by atoms with E-state index < -0.39 is 26.8 Å². The van der Waals surface area contributed by atoms with Gasteiger partial charge in [0.25, 0.3) is 5.91 Å². The molecule has 2 aromatic carbocycles. The van der Waals surface area contributed by atoms with Gasteiger partial charge in [-0.3, -0.25) is 14.5 Å². The molecule has 300 valence electrons. The number of ether oxygens (including phenoxy) is 3. The Bertz CT molecular complexity index is 1880. The third kappa shape index (κ3) is 8.44. The predicted molar refractivity (Wildman–Crippen MR) is 214 cm³/mol. The molecule has 1 spiro atoms. The Balaban J connectivity index is 1.31. The van der Waals surface area contributed by atoms with Crippen molar-refractivity contribution in [2.45, 2.75) is 75.1 Å². The van der Waals surface area contributed by atoms with Crippen molar-refractivity contribution in [2.24, 2.45) is 17.8 Å². The van der Waals surface area contributed by atoms with Gasteiger partial charge < -0.3 is 24.0 Å². The SMILES string of the molecule is C[C@@H]1[C@@H](C)C/C=C\[C@](CC(=O)N(C)C)(OCCN2CCOCC2)[C@@H]2CC[C@H]2CN2C[C@@]3(CCCc4cc(Cl)ccc43)COc3ccc(cc32)C(=O)NS1(=O)=O. The molecule has 2 fully saturated rings. The van der Waals surface area contributed by atoms with Gasteiger partial charge in [-0.1, -0.05) is 36.7 Å². The molecular weight excluding hydrogens is 740 g/mol. The van der Waals surface area contributed by atoms with Gasteiger partial charge in [-0.15, -0.1) is 0 Å². The van der Waals surface area contributed by atoms with Crippen LogP contribution in [0.2, 0.25) is 5.02 Å². The summed E-state index contributed by atoms with van der Waals surface area (Å²) in [4.78, 5) is 33.8. The van der Waals surface area contributed by atoms with Crippen LogP contribution >= 0.6 is 11.6 Å². The third-order valence-corrected chi connectivity index (χ3v) is 15.2. The number of allylic oxidation sites excluding steroid dienone is 1. The summed E-state index contributed by atoms with van der Waals surface area (Å²) in [6.45, 7) is 9.52. The van der Waals surface area contributed by atoms with E-state index in [1.165, 1.54) is 11.1 Å². The van der Waals surface area contributed by atoms with Crippen LogP contribution in [0.3, 0.4) is 0 Å². The van der Waals surface area contributed by atoms with Crippen LogP contribution in [0.5, 0.6) is 5.75 Å². The quantitative estimate of drug-likeness (QED) is 0.381. The minimum absolute atomic E-state index is 0.0163. The van der Waals surface area contributed by atoms with E-state index in [-0.39, 0.29) is 41.1 Å². The maximum atomic E-state index is 13.8. The summed E-state index contributed by atoms with van der Waals surface area (Å²) in [6, 6.07) is 11.4. The average molecular weight is 797 g/mol. The highest BCUT2D eigenvalue weighted by Gasteiger charge is 2.50. The number of hydrogen-bond donors (Lipinski definition) is 1. The molecule has 11 nitrogen and oxygen atoms in total. The molecule has 0 unspecified atom stereocenters. The fourth-order valence-corrected chi connectivity index (χ4v) is 10.8. The van der Waals surface area contributed by atoms with Gasteiger partial charge in [0, 0.05) is 62.8 Å². The minimum atomic E-state index is -4.03. The van der Waals surface area contributed by atoms with Crippen LogP contribution in [-0.2, 0) is 36.1 Å². The molecule has 55 heavy (non-hydrogen) atoms. The monoisotopic (exact) mass is 796 g/mol. The number of carbonyl (C=O) groups excluding carboxylic acids is 2. The number of carbonyl (C=O) groups is 2. The molecule has 2 aliphatic carbocycles. The van der Waals surface area contributed by atoms with Crippen molar-refractivity contribution in [1.29, 1.82) is 0 Å². The summed E-state index contributed by atoms with van der Waals surface area (Å²) >= 11 is 6.50. The first kappa shape index (κ1) is 40.1. The zero-order valence-electron chi connectivity index (χ0n) is 32.7. The number of morpholine rings is 1. The molecule has 1 saturated heterocycles. The van der Waals surface area contributed by atoms with Crippen molar-refractivity contribution in [1.82, 2.24) is 14.5 Å². The molecule has 0 radical (unpaired) electrons. The molecule has 0 aromatic heterocycles. The van der Waals surface area contributed by atoms with Crippen molar-refractivity contribution >= 4 is 39.1 Å². The lowest BCUT2D eigenvalue weighted by molar-refractivity contribution is -0.145. The van der Waals surface area contributed by atoms with Gasteiger partial charge in [0.2, 0.25) is 15.9 Å². The van der Waals surface area contributed by atoms with Crippen molar-refractivity contribution in [2.75, 3.05) is 78.1 Å². The molecular formula is C42H57ClN4O7S. The van der Waals surface area contributed by atoms with E-state index >= 15 is 0 Å².